The van der Waals surface area contributed by atoms with E-state index >= 15 is 0 Å². The lowest BCUT2D eigenvalue weighted by atomic mass is 9.82. The third-order valence-corrected chi connectivity index (χ3v) is 5.03. The van der Waals surface area contributed by atoms with Crippen molar-refractivity contribution >= 4 is 12.4 Å². The summed E-state index contributed by atoms with van der Waals surface area (Å²) in [7, 11) is 0. The summed E-state index contributed by atoms with van der Waals surface area (Å²) in [5.74, 6) is 3.12. The Morgan fingerprint density at radius 3 is 2.06 bits per heavy atom. The first kappa shape index (κ1) is 13.6. The van der Waals surface area contributed by atoms with Crippen LogP contribution >= 0.6 is 12.4 Å². The minimum absolute atomic E-state index is 0. The lowest BCUT2D eigenvalue weighted by Crippen LogP contribution is -2.35. The van der Waals surface area contributed by atoms with Gasteiger partial charge in [-0.25, -0.2) is 0 Å². The molecule has 1 N–H and O–H groups in total. The van der Waals surface area contributed by atoms with Crippen molar-refractivity contribution in [1.82, 2.24) is 10.2 Å². The summed E-state index contributed by atoms with van der Waals surface area (Å²) < 4.78 is 0. The fourth-order valence-corrected chi connectivity index (χ4v) is 4.08. The smallest absolute Gasteiger partial charge is 0.00130 e. The van der Waals surface area contributed by atoms with E-state index in [1.54, 1.807) is 0 Å². The van der Waals surface area contributed by atoms with Gasteiger partial charge in [-0.05, 0) is 56.5 Å². The highest BCUT2D eigenvalue weighted by molar-refractivity contribution is 5.85. The molecule has 0 amide bonds. The van der Waals surface area contributed by atoms with Gasteiger partial charge in [0.15, 0.2) is 0 Å². The van der Waals surface area contributed by atoms with E-state index in [4.69, 9.17) is 0 Å². The highest BCUT2D eigenvalue weighted by atomic mass is 35.5. The van der Waals surface area contributed by atoms with Crippen LogP contribution in [0.15, 0.2) is 0 Å². The zero-order valence-electron chi connectivity index (χ0n) is 10.9. The molecule has 0 aromatic rings. The van der Waals surface area contributed by atoms with Crippen LogP contribution in [0.1, 0.15) is 38.5 Å². The van der Waals surface area contributed by atoms with Gasteiger partial charge in [0.2, 0.25) is 0 Å². The van der Waals surface area contributed by atoms with Crippen LogP contribution in [0.25, 0.3) is 0 Å². The molecule has 3 heteroatoms. The first-order valence-corrected chi connectivity index (χ1v) is 7.35. The van der Waals surface area contributed by atoms with Crippen LogP contribution in [-0.4, -0.2) is 37.6 Å². The van der Waals surface area contributed by atoms with Crippen molar-refractivity contribution in [2.45, 2.75) is 38.5 Å². The SMILES string of the molecule is C1CC[C@H]2CN(CC3CCNCC3)C[C@H]2C1.Cl. The van der Waals surface area contributed by atoms with Gasteiger partial charge in [0.1, 0.15) is 0 Å². The number of hydrogen-bond acceptors (Lipinski definition) is 2. The molecule has 3 fully saturated rings. The molecule has 2 nitrogen and oxygen atoms in total. The minimum Gasteiger partial charge on any atom is -0.317 e. The summed E-state index contributed by atoms with van der Waals surface area (Å²) in [5.41, 5.74) is 0. The van der Waals surface area contributed by atoms with Gasteiger partial charge in [-0.2, -0.15) is 0 Å². The van der Waals surface area contributed by atoms with Crippen molar-refractivity contribution in [2.24, 2.45) is 17.8 Å². The van der Waals surface area contributed by atoms with Crippen LogP contribution in [0, 0.1) is 17.8 Å². The number of nitrogens with one attached hydrogen (secondary N) is 1. The monoisotopic (exact) mass is 258 g/mol. The minimum atomic E-state index is 0. The zero-order valence-corrected chi connectivity index (χ0v) is 11.7. The van der Waals surface area contributed by atoms with Crippen LogP contribution in [0.3, 0.4) is 0 Å². The summed E-state index contributed by atoms with van der Waals surface area (Å²) in [5, 5.41) is 3.47. The number of rotatable bonds is 2. The molecule has 3 rings (SSSR count). The Hall–Kier alpha value is 0.210. The molecule has 2 atom stereocenters. The van der Waals surface area contributed by atoms with Crippen LogP contribution in [-0.2, 0) is 0 Å². The van der Waals surface area contributed by atoms with Gasteiger partial charge < -0.3 is 10.2 Å². The van der Waals surface area contributed by atoms with E-state index in [1.807, 2.05) is 0 Å². The van der Waals surface area contributed by atoms with Gasteiger partial charge in [0.25, 0.3) is 0 Å². The van der Waals surface area contributed by atoms with Crippen molar-refractivity contribution in [2.75, 3.05) is 32.7 Å². The molecule has 3 aliphatic rings. The molecule has 0 bridgehead atoms. The van der Waals surface area contributed by atoms with Crippen molar-refractivity contribution in [3.05, 3.63) is 0 Å². The van der Waals surface area contributed by atoms with Crippen LogP contribution in [0.2, 0.25) is 0 Å². The highest BCUT2D eigenvalue weighted by Crippen LogP contribution is 2.36. The Morgan fingerprint density at radius 2 is 1.47 bits per heavy atom. The maximum Gasteiger partial charge on any atom is 0.00130 e. The number of likely N-dealkylation sites (tertiary alicyclic amines) is 1. The molecule has 0 radical (unpaired) electrons. The van der Waals surface area contributed by atoms with Crippen molar-refractivity contribution in [3.8, 4) is 0 Å². The van der Waals surface area contributed by atoms with Gasteiger partial charge in [-0.1, -0.05) is 12.8 Å². The Morgan fingerprint density at radius 1 is 0.882 bits per heavy atom. The number of nitrogens with zero attached hydrogens (tertiary/aromatic N) is 1. The van der Waals surface area contributed by atoms with Gasteiger partial charge in [0, 0.05) is 19.6 Å². The van der Waals surface area contributed by atoms with Crippen LogP contribution in [0.4, 0.5) is 0 Å². The second-order valence-electron chi connectivity index (χ2n) is 6.22. The van der Waals surface area contributed by atoms with E-state index in [2.05, 4.69) is 10.2 Å². The van der Waals surface area contributed by atoms with E-state index < -0.39 is 0 Å². The summed E-state index contributed by atoms with van der Waals surface area (Å²) in [6, 6.07) is 0. The second kappa shape index (κ2) is 6.40. The topological polar surface area (TPSA) is 15.3 Å². The third-order valence-electron chi connectivity index (χ3n) is 5.03. The van der Waals surface area contributed by atoms with Crippen molar-refractivity contribution < 1.29 is 0 Å². The van der Waals surface area contributed by atoms with E-state index in [-0.39, 0.29) is 12.4 Å². The molecule has 1 aliphatic carbocycles. The molecule has 0 aromatic heterocycles. The predicted octanol–water partition coefficient (Wildman–Crippen LogP) is 2.53. The largest absolute Gasteiger partial charge is 0.317 e. The van der Waals surface area contributed by atoms with Crippen LogP contribution in [0.5, 0.6) is 0 Å². The molecule has 2 saturated heterocycles. The summed E-state index contributed by atoms with van der Waals surface area (Å²) in [6.45, 7) is 6.76. The van der Waals surface area contributed by atoms with Gasteiger partial charge in [0.05, 0.1) is 0 Å². The van der Waals surface area contributed by atoms with Gasteiger partial charge in [-0.3, -0.25) is 0 Å². The Bertz CT molecular complexity index is 214. The zero-order chi connectivity index (χ0) is 10.8. The number of halogens is 1. The molecular formula is C14H27ClN2. The Labute approximate surface area is 112 Å². The van der Waals surface area contributed by atoms with E-state index in [9.17, 15) is 0 Å². The van der Waals surface area contributed by atoms with E-state index in [0.717, 1.165) is 17.8 Å². The maximum absolute atomic E-state index is 3.47. The average molecular weight is 259 g/mol. The standard InChI is InChI=1S/C14H26N2.ClH/c1-2-4-14-11-16(10-13(14)3-1)9-12-5-7-15-8-6-12;/h12-15H,1-11H2;1H/t13-,14+;. The number of hydrogen-bond donors (Lipinski definition) is 1. The molecule has 0 aromatic carbocycles. The summed E-state index contributed by atoms with van der Waals surface area (Å²) in [4.78, 5) is 2.79. The Balaban J connectivity index is 0.00000108. The lowest BCUT2D eigenvalue weighted by molar-refractivity contribution is 0.232. The molecule has 0 unspecified atom stereocenters. The maximum atomic E-state index is 3.47. The molecule has 2 heterocycles. The van der Waals surface area contributed by atoms with Crippen LogP contribution < -0.4 is 5.32 Å². The first-order valence-electron chi connectivity index (χ1n) is 7.35. The summed E-state index contributed by atoms with van der Waals surface area (Å²) in [6.07, 6.45) is 8.86. The van der Waals surface area contributed by atoms with E-state index in [1.165, 1.54) is 71.2 Å². The molecular weight excluding hydrogens is 232 g/mol. The quantitative estimate of drug-likeness (QED) is 0.819. The number of piperidine rings is 1. The fraction of sp³-hybridized carbons (Fsp3) is 1.00. The molecule has 1 saturated carbocycles. The second-order valence-corrected chi connectivity index (χ2v) is 6.22. The van der Waals surface area contributed by atoms with Gasteiger partial charge in [-0.15, -0.1) is 12.4 Å². The van der Waals surface area contributed by atoms with Gasteiger partial charge >= 0.3 is 0 Å². The average Bonchev–Trinajstić information content (AvgIpc) is 2.72. The Kier molecular flexibility index (Phi) is 5.13. The summed E-state index contributed by atoms with van der Waals surface area (Å²) >= 11 is 0. The normalized spacial score (nSPS) is 35.3. The number of fused-ring (bicyclic) bond motifs is 1. The predicted molar refractivity (Wildman–Crippen MR) is 74.7 cm³/mol. The van der Waals surface area contributed by atoms with Crippen molar-refractivity contribution in [3.63, 3.8) is 0 Å². The molecule has 0 spiro atoms. The lowest BCUT2D eigenvalue weighted by Gasteiger charge is -2.27. The fourth-order valence-electron chi connectivity index (χ4n) is 4.08. The molecule has 2 aliphatic heterocycles. The molecule has 17 heavy (non-hydrogen) atoms. The molecule has 100 valence electrons. The first-order chi connectivity index (χ1) is 7.92. The third kappa shape index (κ3) is 3.36. The van der Waals surface area contributed by atoms with Crippen molar-refractivity contribution in [1.29, 1.82) is 0 Å². The highest BCUT2D eigenvalue weighted by Gasteiger charge is 2.34. The van der Waals surface area contributed by atoms with E-state index in [0.29, 0.717) is 0 Å².